The van der Waals surface area contributed by atoms with Gasteiger partial charge >= 0.3 is 0 Å². The molecule has 3 aromatic rings. The fourth-order valence-corrected chi connectivity index (χ4v) is 2.62. The second kappa shape index (κ2) is 10.7. The highest BCUT2D eigenvalue weighted by molar-refractivity contribution is 5.62. The van der Waals surface area contributed by atoms with Crippen molar-refractivity contribution in [3.63, 3.8) is 0 Å². The molecule has 0 saturated heterocycles. The van der Waals surface area contributed by atoms with E-state index in [0.717, 1.165) is 10.6 Å². The zero-order valence-electron chi connectivity index (χ0n) is 15.6. The van der Waals surface area contributed by atoms with Crippen LogP contribution in [0.2, 0.25) is 0 Å². The monoisotopic (exact) mass is 422 g/mol. The van der Waals surface area contributed by atoms with Crippen LogP contribution in [-0.4, -0.2) is 63.7 Å². The Morgan fingerprint density at radius 2 is 1.76 bits per heavy atom. The molecule has 0 bridgehead atoms. The van der Waals surface area contributed by atoms with E-state index in [9.17, 15) is 15.3 Å². The molecule has 0 aliphatic heterocycles. The van der Waals surface area contributed by atoms with Crippen LogP contribution in [0.15, 0.2) is 48.7 Å². The number of aliphatic hydroxyl groups excluding tert-OH is 1. The molecule has 0 aliphatic carbocycles. The fraction of sp³-hybridized carbons (Fsp3) is 0.300. The minimum atomic E-state index is -0.519. The molecule has 1 atom stereocenters. The van der Waals surface area contributed by atoms with Gasteiger partial charge in [-0.1, -0.05) is 12.6 Å². The summed E-state index contributed by atoms with van der Waals surface area (Å²) in [5.41, 5.74) is 2.01. The topological polar surface area (TPSA) is 105 Å². The first-order valence-electron chi connectivity index (χ1n) is 8.57. The Labute approximate surface area is 176 Å². The summed E-state index contributed by atoms with van der Waals surface area (Å²) in [6.45, 7) is 0.856. The lowest BCUT2D eigenvalue weighted by atomic mass is 10.1. The molecule has 0 saturated carbocycles. The number of likely N-dealkylation sites (N-methyl/N-ethyl adjacent to an activating group) is 1. The van der Waals surface area contributed by atoms with Gasteiger partial charge in [0.2, 0.25) is 0 Å². The van der Waals surface area contributed by atoms with E-state index in [0.29, 0.717) is 23.6 Å². The number of nitrogens with one attached hydrogen (secondary N) is 1. The van der Waals surface area contributed by atoms with Gasteiger partial charge in [0.25, 0.3) is 0 Å². The summed E-state index contributed by atoms with van der Waals surface area (Å²) in [6, 6.07) is 11.8. The van der Waals surface area contributed by atoms with E-state index in [2.05, 4.69) is 10.3 Å². The van der Waals surface area contributed by atoms with Crippen LogP contribution >= 0.6 is 0 Å². The smallest absolute Gasteiger partial charge is 0.158 e. The average molecular weight is 423 g/mol. The molecule has 0 fully saturated rings. The van der Waals surface area contributed by atoms with Crippen molar-refractivity contribution in [2.24, 2.45) is 0 Å². The fourth-order valence-electron chi connectivity index (χ4n) is 2.62. The number of benzene rings is 2. The Hall–Kier alpha value is -2.81. The van der Waals surface area contributed by atoms with E-state index in [1.807, 2.05) is 26.2 Å². The predicted molar refractivity (Wildman–Crippen MR) is 106 cm³/mol. The van der Waals surface area contributed by atoms with Crippen LogP contribution < -0.4 is 22.0 Å². The van der Waals surface area contributed by atoms with Crippen molar-refractivity contribution in [1.29, 1.82) is 0 Å². The van der Waals surface area contributed by atoms with Gasteiger partial charge in [-0.15, -0.1) is 5.10 Å². The van der Waals surface area contributed by atoms with Crippen LogP contribution in [0.3, 0.4) is 0 Å². The second-order valence-corrected chi connectivity index (χ2v) is 6.62. The molecule has 9 heteroatoms. The van der Waals surface area contributed by atoms with Crippen molar-refractivity contribution in [2.75, 3.05) is 27.2 Å². The number of nitrogens with zero attached hydrogens (tertiary/aromatic N) is 3. The Bertz CT molecular complexity index is 900. The Morgan fingerprint density at radius 3 is 2.38 bits per heavy atom. The summed E-state index contributed by atoms with van der Waals surface area (Å²) in [4.78, 5) is 1.16. The maximum atomic E-state index is 9.86. The van der Waals surface area contributed by atoms with Crippen LogP contribution in [0.4, 0.5) is 0 Å². The van der Waals surface area contributed by atoms with Gasteiger partial charge in [-0.2, -0.15) is 0 Å². The van der Waals surface area contributed by atoms with Gasteiger partial charge in [0.05, 0.1) is 26.0 Å². The minimum absolute atomic E-state index is 0. The summed E-state index contributed by atoms with van der Waals surface area (Å²) < 4.78 is 7.20. The van der Waals surface area contributed by atoms with E-state index >= 15 is 0 Å². The maximum absolute atomic E-state index is 9.86. The summed E-state index contributed by atoms with van der Waals surface area (Å²) in [5.74, 6) is 0.274. The highest BCUT2D eigenvalue weighted by atomic mass is 35.5. The highest BCUT2D eigenvalue weighted by Gasteiger charge is 2.10. The number of ether oxygens (including phenoxy) is 1. The third-order valence-electron chi connectivity index (χ3n) is 3.95. The van der Waals surface area contributed by atoms with Crippen molar-refractivity contribution in [1.82, 2.24) is 15.0 Å². The normalized spacial score (nSPS) is 11.4. The molecule has 2 aromatic carbocycles. The van der Waals surface area contributed by atoms with Crippen LogP contribution in [0, 0.1) is 0 Å². The number of phenols is 2. The van der Waals surface area contributed by atoms with Gasteiger partial charge in [0, 0.05) is 5.56 Å². The Morgan fingerprint density at radius 1 is 1.07 bits per heavy atom. The van der Waals surface area contributed by atoms with E-state index in [4.69, 9.17) is 4.74 Å². The molecule has 8 nitrogen and oxygen atoms in total. The second-order valence-electron chi connectivity index (χ2n) is 6.62. The maximum Gasteiger partial charge on any atom is 0.158 e. The van der Waals surface area contributed by atoms with Gasteiger partial charge in [0.15, 0.2) is 11.5 Å². The zero-order valence-corrected chi connectivity index (χ0v) is 16.3. The number of aromatic nitrogens is 3. The number of quaternary nitrogens is 1. The lowest BCUT2D eigenvalue weighted by Gasteiger charge is -2.14. The summed E-state index contributed by atoms with van der Waals surface area (Å²) in [5, 5.41) is 37.1. The van der Waals surface area contributed by atoms with E-state index in [-0.39, 0.29) is 37.9 Å². The summed E-state index contributed by atoms with van der Waals surface area (Å²) in [6.07, 6.45) is 1.21. The van der Waals surface area contributed by atoms with Crippen LogP contribution in [0.1, 0.15) is 7.43 Å². The number of hydrogen-bond donors (Lipinski definition) is 4. The van der Waals surface area contributed by atoms with Crippen molar-refractivity contribution >= 4 is 0 Å². The molecule has 4 N–H and O–H groups in total. The van der Waals surface area contributed by atoms with Crippen LogP contribution in [0.5, 0.6) is 17.2 Å². The van der Waals surface area contributed by atoms with E-state index in [1.165, 1.54) is 12.1 Å². The standard InChI is InChI=1S/C19H22N4O4.CH4.ClH/c1-22(2)10-15(24)12-27-16-6-4-14(5-7-16)23-11-17(20-21-23)13-3-8-18(25)19(26)9-13;;/h3-9,11,15,24-26H,10,12H2,1-2H3;1H4;1H. The highest BCUT2D eigenvalue weighted by Crippen LogP contribution is 2.29. The van der Waals surface area contributed by atoms with Crippen molar-refractivity contribution in [3.8, 4) is 34.2 Å². The molecule has 1 unspecified atom stereocenters. The zero-order chi connectivity index (χ0) is 19.4. The molecule has 3 rings (SSSR count). The molecule has 1 heterocycles. The number of hydrogen-bond acceptors (Lipinski definition) is 6. The van der Waals surface area contributed by atoms with Gasteiger partial charge < -0.3 is 37.4 Å². The molecule has 0 aliphatic rings. The van der Waals surface area contributed by atoms with Crippen LogP contribution in [0.25, 0.3) is 16.9 Å². The predicted octanol–water partition coefficient (Wildman–Crippen LogP) is -2.13. The summed E-state index contributed by atoms with van der Waals surface area (Å²) in [7, 11) is 3.95. The van der Waals surface area contributed by atoms with Gasteiger partial charge in [-0.25, -0.2) is 4.68 Å². The SMILES string of the molecule is C.C[NH+](C)CC(O)COc1ccc(-n2cc(-c3ccc(O)c(O)c3)nn2)cc1.[Cl-]. The third kappa shape index (κ3) is 6.35. The molecule has 1 aromatic heterocycles. The van der Waals surface area contributed by atoms with Crippen molar-refractivity contribution < 1.29 is 37.4 Å². The molecular weight excluding hydrogens is 396 g/mol. The van der Waals surface area contributed by atoms with Gasteiger partial charge in [-0.3, -0.25) is 0 Å². The van der Waals surface area contributed by atoms with Crippen molar-refractivity contribution in [2.45, 2.75) is 13.5 Å². The Balaban J connectivity index is 0.00000210. The first kappa shape index (κ1) is 24.2. The molecular formula is C20H27ClN4O4. The van der Waals surface area contributed by atoms with Crippen molar-refractivity contribution in [3.05, 3.63) is 48.7 Å². The number of rotatable bonds is 7. The first-order valence-corrected chi connectivity index (χ1v) is 8.57. The van der Waals surface area contributed by atoms with E-state index in [1.54, 1.807) is 29.1 Å². The average Bonchev–Trinajstić information content (AvgIpc) is 3.12. The number of phenolic OH excluding ortho intramolecular Hbond substituents is 2. The third-order valence-corrected chi connectivity index (χ3v) is 3.95. The lowest BCUT2D eigenvalue weighted by molar-refractivity contribution is -0.861. The lowest BCUT2D eigenvalue weighted by Crippen LogP contribution is -3.07. The molecule has 0 amide bonds. The van der Waals surface area contributed by atoms with Gasteiger partial charge in [-0.05, 0) is 42.5 Å². The molecule has 158 valence electrons. The minimum Gasteiger partial charge on any atom is -1.00 e. The number of aromatic hydroxyl groups is 2. The molecule has 0 spiro atoms. The first-order chi connectivity index (χ1) is 12.9. The van der Waals surface area contributed by atoms with E-state index < -0.39 is 6.10 Å². The van der Waals surface area contributed by atoms with Crippen LogP contribution in [-0.2, 0) is 0 Å². The van der Waals surface area contributed by atoms with Gasteiger partial charge in [0.1, 0.15) is 30.7 Å². The number of halogens is 1. The molecule has 29 heavy (non-hydrogen) atoms. The molecule has 0 radical (unpaired) electrons. The largest absolute Gasteiger partial charge is 1.00 e. The Kier molecular flexibility index (Phi) is 8.90. The quantitative estimate of drug-likeness (QED) is 0.324. The number of aliphatic hydroxyl groups is 1. The summed E-state index contributed by atoms with van der Waals surface area (Å²) >= 11 is 0.